The Kier molecular flexibility index (Phi) is 9.59. The number of carbonyl (C=O) groups is 1. The van der Waals surface area contributed by atoms with E-state index in [0.717, 1.165) is 16.5 Å². The van der Waals surface area contributed by atoms with E-state index in [9.17, 15) is 10.3 Å². The predicted molar refractivity (Wildman–Crippen MR) is 153 cm³/mol. The number of hydrogen-bond donors (Lipinski definition) is 2. The van der Waals surface area contributed by atoms with Gasteiger partial charge in [0, 0.05) is 52.2 Å². The molecule has 0 spiro atoms. The Labute approximate surface area is 235 Å². The molecule has 3 aromatic carbocycles. The smallest absolute Gasteiger partial charge is 0.252 e. The first-order valence-corrected chi connectivity index (χ1v) is 13.6. The van der Waals surface area contributed by atoms with Crippen LogP contribution in [-0.2, 0) is 16.0 Å². The number of hydrogen-bond acceptors (Lipinski definition) is 6. The maximum atomic E-state index is 14.0. The quantitative estimate of drug-likeness (QED) is 0.113. The minimum absolute atomic E-state index is 0.0575. The summed E-state index contributed by atoms with van der Waals surface area (Å²) < 4.78 is 13.1. The van der Waals surface area contributed by atoms with Crippen molar-refractivity contribution in [2.45, 2.75) is 37.8 Å². The molecule has 0 bridgehead atoms. The van der Waals surface area contributed by atoms with Gasteiger partial charge in [-0.25, -0.2) is 4.99 Å². The van der Waals surface area contributed by atoms with Gasteiger partial charge >= 0.3 is 0 Å². The van der Waals surface area contributed by atoms with E-state index in [1.54, 1.807) is 30.3 Å². The SMILES string of the molecule is CCCNC(=O)[C@]1(Cc2ccc(Br)cc2)N=C(c2ccc(OCCCO)cc2)O[C@@H]1c1ccccc1N=[N+]=[N-]. The molecule has 0 radical (unpaired) electrons. The normalized spacial score (nSPS) is 18.0. The van der Waals surface area contributed by atoms with Crippen molar-refractivity contribution in [3.05, 3.63) is 104 Å². The molecule has 1 amide bonds. The van der Waals surface area contributed by atoms with Gasteiger partial charge in [-0.1, -0.05) is 64.4 Å². The number of aliphatic hydroxyl groups excluding tert-OH is 1. The van der Waals surface area contributed by atoms with Crippen LogP contribution in [0, 0.1) is 0 Å². The van der Waals surface area contributed by atoms with Crippen LogP contribution in [0.3, 0.4) is 0 Å². The molecule has 0 fully saturated rings. The van der Waals surface area contributed by atoms with Crippen LogP contribution in [0.1, 0.15) is 42.6 Å². The lowest BCUT2D eigenvalue weighted by Crippen LogP contribution is -2.50. The standard InChI is InChI=1S/C29H30BrN5O4/c1-2-16-32-28(37)29(19-20-8-12-22(30)13-9-20)26(24-6-3-4-7-25(24)34-35-31)39-27(33-29)21-10-14-23(15-11-21)38-18-5-17-36/h3-4,6-15,26,36H,2,5,16-19H2,1H3,(H,32,37)/t26-,29-/m1/s1. The van der Waals surface area contributed by atoms with Crippen LogP contribution in [0.5, 0.6) is 5.75 Å². The van der Waals surface area contributed by atoms with Crippen LogP contribution in [-0.4, -0.2) is 42.2 Å². The Balaban J connectivity index is 1.82. The van der Waals surface area contributed by atoms with Crippen molar-refractivity contribution in [2.75, 3.05) is 19.8 Å². The lowest BCUT2D eigenvalue weighted by Gasteiger charge is -2.31. The van der Waals surface area contributed by atoms with Crippen molar-refractivity contribution in [1.82, 2.24) is 5.32 Å². The number of aliphatic hydroxyl groups is 1. The Bertz CT molecular complexity index is 1360. The number of benzene rings is 3. The molecule has 1 aliphatic heterocycles. The predicted octanol–water partition coefficient (Wildman–Crippen LogP) is 6.18. The van der Waals surface area contributed by atoms with Crippen LogP contribution in [0.25, 0.3) is 10.4 Å². The molecule has 0 aromatic heterocycles. The summed E-state index contributed by atoms with van der Waals surface area (Å²) in [7, 11) is 0. The number of rotatable bonds is 12. The van der Waals surface area contributed by atoms with Crippen molar-refractivity contribution in [2.24, 2.45) is 10.1 Å². The van der Waals surface area contributed by atoms with Gasteiger partial charge in [-0.3, -0.25) is 4.79 Å². The van der Waals surface area contributed by atoms with Gasteiger partial charge in [0.05, 0.1) is 6.61 Å². The van der Waals surface area contributed by atoms with E-state index in [2.05, 4.69) is 31.3 Å². The molecule has 0 saturated heterocycles. The molecule has 1 aliphatic rings. The average Bonchev–Trinajstić information content (AvgIpc) is 3.34. The molecule has 39 heavy (non-hydrogen) atoms. The first-order chi connectivity index (χ1) is 19.0. The number of aliphatic imine (C=N–C) groups is 1. The Hall–Kier alpha value is -3.85. The molecule has 9 nitrogen and oxygen atoms in total. The van der Waals surface area contributed by atoms with E-state index >= 15 is 0 Å². The summed E-state index contributed by atoms with van der Waals surface area (Å²) in [5, 5.41) is 15.9. The number of nitrogens with zero attached hydrogens (tertiary/aromatic N) is 4. The Morgan fingerprint density at radius 2 is 1.92 bits per heavy atom. The van der Waals surface area contributed by atoms with Gasteiger partial charge < -0.3 is 19.9 Å². The fourth-order valence-corrected chi connectivity index (χ4v) is 4.68. The third kappa shape index (κ3) is 6.60. The summed E-state index contributed by atoms with van der Waals surface area (Å²) in [5.74, 6) is 0.686. The molecule has 3 aromatic rings. The van der Waals surface area contributed by atoms with Gasteiger partial charge in [0.25, 0.3) is 5.91 Å². The molecule has 0 unspecified atom stereocenters. The van der Waals surface area contributed by atoms with Gasteiger partial charge in [0.15, 0.2) is 11.6 Å². The highest BCUT2D eigenvalue weighted by Gasteiger charge is 2.53. The van der Waals surface area contributed by atoms with E-state index in [4.69, 9.17) is 19.6 Å². The number of ether oxygens (including phenoxy) is 2. The number of nitrogens with one attached hydrogen (secondary N) is 1. The van der Waals surface area contributed by atoms with Crippen molar-refractivity contribution >= 4 is 33.4 Å². The van der Waals surface area contributed by atoms with Gasteiger partial charge in [0.1, 0.15) is 5.75 Å². The second-order valence-electron chi connectivity index (χ2n) is 9.10. The van der Waals surface area contributed by atoms with Gasteiger partial charge in [-0.05, 0) is 53.9 Å². The first kappa shape index (κ1) is 28.2. The molecule has 0 saturated carbocycles. The molecule has 10 heteroatoms. The van der Waals surface area contributed by atoms with E-state index in [1.807, 2.05) is 49.4 Å². The lowest BCUT2D eigenvalue weighted by atomic mass is 9.81. The monoisotopic (exact) mass is 591 g/mol. The average molecular weight is 592 g/mol. The third-order valence-electron chi connectivity index (χ3n) is 6.32. The molecule has 2 atom stereocenters. The zero-order valence-electron chi connectivity index (χ0n) is 21.6. The molecule has 4 rings (SSSR count). The minimum atomic E-state index is -1.37. The highest BCUT2D eigenvalue weighted by Crippen LogP contribution is 2.45. The van der Waals surface area contributed by atoms with Gasteiger partial charge in [0.2, 0.25) is 5.90 Å². The van der Waals surface area contributed by atoms with E-state index in [0.29, 0.717) is 48.0 Å². The number of halogens is 1. The fourth-order valence-electron chi connectivity index (χ4n) is 4.41. The maximum absolute atomic E-state index is 14.0. The summed E-state index contributed by atoms with van der Waals surface area (Å²) in [6.45, 7) is 2.93. The van der Waals surface area contributed by atoms with Crippen molar-refractivity contribution in [3.8, 4) is 5.75 Å². The second kappa shape index (κ2) is 13.3. The van der Waals surface area contributed by atoms with Crippen molar-refractivity contribution in [3.63, 3.8) is 0 Å². The van der Waals surface area contributed by atoms with E-state index < -0.39 is 11.6 Å². The topological polar surface area (TPSA) is 129 Å². The number of azide groups is 1. The fraction of sp³-hybridized carbons (Fsp3) is 0.310. The molecule has 202 valence electrons. The van der Waals surface area contributed by atoms with E-state index in [-0.39, 0.29) is 18.9 Å². The lowest BCUT2D eigenvalue weighted by molar-refractivity contribution is -0.128. The molecule has 0 aliphatic carbocycles. The van der Waals surface area contributed by atoms with Crippen LogP contribution in [0.15, 0.2) is 87.4 Å². The van der Waals surface area contributed by atoms with E-state index in [1.165, 1.54) is 0 Å². The summed E-state index contributed by atoms with van der Waals surface area (Å²) >= 11 is 3.48. The minimum Gasteiger partial charge on any atom is -0.494 e. The highest BCUT2D eigenvalue weighted by atomic mass is 79.9. The summed E-state index contributed by atoms with van der Waals surface area (Å²) in [5.41, 5.74) is 10.4. The molecule has 2 N–H and O–H groups in total. The van der Waals surface area contributed by atoms with Crippen LogP contribution in [0.4, 0.5) is 5.69 Å². The zero-order valence-corrected chi connectivity index (χ0v) is 23.2. The van der Waals surface area contributed by atoms with Crippen molar-refractivity contribution < 1.29 is 19.4 Å². The molecular weight excluding hydrogens is 562 g/mol. The third-order valence-corrected chi connectivity index (χ3v) is 6.85. The summed E-state index contributed by atoms with van der Waals surface area (Å²) in [4.78, 5) is 22.0. The summed E-state index contributed by atoms with van der Waals surface area (Å²) in [6.07, 6.45) is 0.705. The first-order valence-electron chi connectivity index (χ1n) is 12.8. The zero-order chi connectivity index (χ0) is 27.7. The largest absolute Gasteiger partial charge is 0.494 e. The van der Waals surface area contributed by atoms with Crippen molar-refractivity contribution in [1.29, 1.82) is 0 Å². The summed E-state index contributed by atoms with van der Waals surface area (Å²) in [6, 6.07) is 22.1. The Morgan fingerprint density at radius 1 is 1.18 bits per heavy atom. The van der Waals surface area contributed by atoms with Crippen LogP contribution < -0.4 is 10.1 Å². The molecular formula is C29H30BrN5O4. The Morgan fingerprint density at radius 3 is 2.62 bits per heavy atom. The number of carbonyl (C=O) groups excluding carboxylic acids is 1. The number of amides is 1. The molecule has 1 heterocycles. The highest BCUT2D eigenvalue weighted by molar-refractivity contribution is 9.10. The van der Waals surface area contributed by atoms with Crippen LogP contribution in [0.2, 0.25) is 0 Å². The van der Waals surface area contributed by atoms with Gasteiger partial charge in [-0.2, -0.15) is 0 Å². The maximum Gasteiger partial charge on any atom is 0.252 e. The van der Waals surface area contributed by atoms with Gasteiger partial charge in [-0.15, -0.1) is 0 Å². The van der Waals surface area contributed by atoms with Crippen LogP contribution >= 0.6 is 15.9 Å². The second-order valence-corrected chi connectivity index (χ2v) is 10.0.